The molecule has 0 atom stereocenters. The lowest BCUT2D eigenvalue weighted by Crippen LogP contribution is -2.29. The molecule has 5 nitrogen and oxygen atoms in total. The molecular weight excluding hydrogens is 396 g/mol. The van der Waals surface area contributed by atoms with E-state index in [4.69, 9.17) is 0 Å². The first-order chi connectivity index (χ1) is 14.5. The van der Waals surface area contributed by atoms with Gasteiger partial charge in [-0.25, -0.2) is 8.42 Å². The number of benzene rings is 3. The van der Waals surface area contributed by atoms with Crippen LogP contribution in [0, 0.1) is 0 Å². The first kappa shape index (κ1) is 21.6. The number of nitrogens with one attached hydrogen (secondary N) is 2. The predicted octanol–water partition coefficient (Wildman–Crippen LogP) is 4.40. The Hall–Kier alpha value is -3.12. The molecule has 0 radical (unpaired) electrons. The molecule has 3 rings (SSSR count). The first-order valence-electron chi connectivity index (χ1n) is 9.97. The van der Waals surface area contributed by atoms with Crippen LogP contribution in [0.3, 0.4) is 0 Å². The van der Waals surface area contributed by atoms with E-state index in [1.807, 2.05) is 60.7 Å². The molecule has 0 heterocycles. The van der Waals surface area contributed by atoms with E-state index in [1.54, 1.807) is 31.2 Å². The Kier molecular flexibility index (Phi) is 7.25. The standard InChI is InChI=1S/C24H26N2O3S/c1-2-16-30(28,29)26-22-15-9-14-21(17-22)24(27)25-18-23(19-10-5-3-6-11-19)20-12-7-4-8-13-20/h3-15,17,23,26H,2,16,18H2,1H3,(H,25,27). The topological polar surface area (TPSA) is 75.3 Å². The highest BCUT2D eigenvalue weighted by Gasteiger charge is 2.16. The van der Waals surface area contributed by atoms with Crippen LogP contribution in [0.15, 0.2) is 84.9 Å². The summed E-state index contributed by atoms with van der Waals surface area (Å²) in [5, 5.41) is 3.00. The summed E-state index contributed by atoms with van der Waals surface area (Å²) in [4.78, 5) is 12.8. The van der Waals surface area contributed by atoms with Gasteiger partial charge < -0.3 is 5.32 Å². The van der Waals surface area contributed by atoms with Gasteiger partial charge in [-0.2, -0.15) is 0 Å². The SMILES string of the molecule is CCCS(=O)(=O)Nc1cccc(C(=O)NCC(c2ccccc2)c2ccccc2)c1. The van der Waals surface area contributed by atoms with Crippen molar-refractivity contribution in [3.8, 4) is 0 Å². The van der Waals surface area contributed by atoms with Gasteiger partial charge in [0.1, 0.15) is 0 Å². The third-order valence-corrected chi connectivity index (χ3v) is 6.23. The Labute approximate surface area is 178 Å². The van der Waals surface area contributed by atoms with Gasteiger partial charge in [-0.15, -0.1) is 0 Å². The minimum Gasteiger partial charge on any atom is -0.351 e. The fourth-order valence-corrected chi connectivity index (χ4v) is 4.44. The smallest absolute Gasteiger partial charge is 0.251 e. The summed E-state index contributed by atoms with van der Waals surface area (Å²) in [6, 6.07) is 26.6. The molecule has 0 aliphatic heterocycles. The fourth-order valence-electron chi connectivity index (χ4n) is 3.32. The number of hydrogen-bond donors (Lipinski definition) is 2. The summed E-state index contributed by atoms with van der Waals surface area (Å²) in [6.07, 6.45) is 0.524. The van der Waals surface area contributed by atoms with Crippen molar-refractivity contribution >= 4 is 21.6 Å². The van der Waals surface area contributed by atoms with Crippen molar-refractivity contribution in [2.75, 3.05) is 17.0 Å². The van der Waals surface area contributed by atoms with Gasteiger partial charge in [-0.1, -0.05) is 73.7 Å². The molecule has 0 spiro atoms. The number of sulfonamides is 1. The molecule has 0 saturated carbocycles. The molecule has 6 heteroatoms. The quantitative estimate of drug-likeness (QED) is 0.537. The van der Waals surface area contributed by atoms with E-state index in [1.165, 1.54) is 0 Å². The average molecular weight is 423 g/mol. The molecule has 0 fully saturated rings. The summed E-state index contributed by atoms with van der Waals surface area (Å²) in [6.45, 7) is 2.23. The Morgan fingerprint density at radius 2 is 1.47 bits per heavy atom. The van der Waals surface area contributed by atoms with E-state index in [-0.39, 0.29) is 17.6 Å². The summed E-state index contributed by atoms with van der Waals surface area (Å²) in [7, 11) is -3.41. The van der Waals surface area contributed by atoms with Gasteiger partial charge >= 0.3 is 0 Å². The van der Waals surface area contributed by atoms with Gasteiger partial charge in [0.15, 0.2) is 0 Å². The monoisotopic (exact) mass is 422 g/mol. The molecule has 3 aromatic rings. The van der Waals surface area contributed by atoms with Gasteiger partial charge in [-0.3, -0.25) is 9.52 Å². The van der Waals surface area contributed by atoms with E-state index in [9.17, 15) is 13.2 Å². The van der Waals surface area contributed by atoms with Gasteiger partial charge in [0.05, 0.1) is 5.75 Å². The van der Waals surface area contributed by atoms with E-state index in [0.717, 1.165) is 11.1 Å². The van der Waals surface area contributed by atoms with Crippen LogP contribution in [0.4, 0.5) is 5.69 Å². The van der Waals surface area contributed by atoms with Crippen LogP contribution in [0.1, 0.15) is 40.7 Å². The maximum absolute atomic E-state index is 12.8. The lowest BCUT2D eigenvalue weighted by molar-refractivity contribution is 0.0952. The zero-order valence-electron chi connectivity index (χ0n) is 16.9. The number of hydrogen-bond acceptors (Lipinski definition) is 3. The van der Waals surface area contributed by atoms with Crippen LogP contribution in [0.5, 0.6) is 0 Å². The Balaban J connectivity index is 1.74. The number of carbonyl (C=O) groups excluding carboxylic acids is 1. The molecule has 0 aliphatic carbocycles. The van der Waals surface area contributed by atoms with Crippen molar-refractivity contribution in [2.24, 2.45) is 0 Å². The van der Waals surface area contributed by atoms with E-state index < -0.39 is 10.0 Å². The molecule has 0 aromatic heterocycles. The van der Waals surface area contributed by atoms with Gasteiger partial charge in [0.25, 0.3) is 5.91 Å². The Morgan fingerprint density at radius 3 is 2.03 bits per heavy atom. The molecule has 156 valence electrons. The molecule has 30 heavy (non-hydrogen) atoms. The normalized spacial score (nSPS) is 11.3. The lowest BCUT2D eigenvalue weighted by atomic mass is 9.91. The third kappa shape index (κ3) is 5.94. The lowest BCUT2D eigenvalue weighted by Gasteiger charge is -2.19. The van der Waals surface area contributed by atoms with Crippen molar-refractivity contribution in [3.05, 3.63) is 102 Å². The largest absolute Gasteiger partial charge is 0.351 e. The maximum Gasteiger partial charge on any atom is 0.251 e. The molecule has 0 saturated heterocycles. The fraction of sp³-hybridized carbons (Fsp3) is 0.208. The van der Waals surface area contributed by atoms with Crippen molar-refractivity contribution in [3.63, 3.8) is 0 Å². The van der Waals surface area contributed by atoms with Gasteiger partial charge in [0, 0.05) is 23.7 Å². The van der Waals surface area contributed by atoms with E-state index >= 15 is 0 Å². The van der Waals surface area contributed by atoms with Crippen molar-refractivity contribution in [1.29, 1.82) is 0 Å². The van der Waals surface area contributed by atoms with E-state index in [0.29, 0.717) is 24.2 Å². The molecule has 3 aromatic carbocycles. The number of carbonyl (C=O) groups is 1. The number of amides is 1. The second-order valence-corrected chi connectivity index (χ2v) is 8.93. The zero-order chi connectivity index (χ0) is 21.4. The van der Waals surface area contributed by atoms with Gasteiger partial charge in [0.2, 0.25) is 10.0 Å². The van der Waals surface area contributed by atoms with Crippen LogP contribution < -0.4 is 10.0 Å². The Bertz CT molecular complexity index is 1030. The first-order valence-corrected chi connectivity index (χ1v) is 11.6. The molecule has 1 amide bonds. The van der Waals surface area contributed by atoms with Crippen LogP contribution in [-0.4, -0.2) is 26.6 Å². The molecule has 0 bridgehead atoms. The van der Waals surface area contributed by atoms with E-state index in [2.05, 4.69) is 10.0 Å². The minimum atomic E-state index is -3.41. The highest BCUT2D eigenvalue weighted by Crippen LogP contribution is 2.24. The molecule has 0 aliphatic rings. The maximum atomic E-state index is 12.8. The summed E-state index contributed by atoms with van der Waals surface area (Å²) in [5.41, 5.74) is 3.03. The summed E-state index contributed by atoms with van der Waals surface area (Å²) >= 11 is 0. The Morgan fingerprint density at radius 1 is 0.867 bits per heavy atom. The van der Waals surface area contributed by atoms with Crippen LogP contribution in [-0.2, 0) is 10.0 Å². The second-order valence-electron chi connectivity index (χ2n) is 7.09. The molecule has 2 N–H and O–H groups in total. The predicted molar refractivity (Wildman–Crippen MR) is 121 cm³/mol. The number of anilines is 1. The minimum absolute atomic E-state index is 0.0163. The van der Waals surface area contributed by atoms with Crippen molar-refractivity contribution in [1.82, 2.24) is 5.32 Å². The summed E-state index contributed by atoms with van der Waals surface area (Å²) in [5.74, 6) is -0.190. The second kappa shape index (κ2) is 10.1. The van der Waals surface area contributed by atoms with Crippen molar-refractivity contribution < 1.29 is 13.2 Å². The molecular formula is C24H26N2O3S. The van der Waals surface area contributed by atoms with Crippen LogP contribution in [0.25, 0.3) is 0 Å². The number of rotatable bonds is 9. The average Bonchev–Trinajstić information content (AvgIpc) is 2.75. The van der Waals surface area contributed by atoms with Crippen molar-refractivity contribution in [2.45, 2.75) is 19.3 Å². The van der Waals surface area contributed by atoms with Crippen LogP contribution >= 0.6 is 0 Å². The summed E-state index contributed by atoms with van der Waals surface area (Å²) < 4.78 is 26.5. The van der Waals surface area contributed by atoms with Gasteiger partial charge in [-0.05, 0) is 35.7 Å². The van der Waals surface area contributed by atoms with Crippen LogP contribution in [0.2, 0.25) is 0 Å². The molecule has 0 unspecified atom stereocenters. The highest BCUT2D eigenvalue weighted by atomic mass is 32.2. The third-order valence-electron chi connectivity index (χ3n) is 4.74. The highest BCUT2D eigenvalue weighted by molar-refractivity contribution is 7.92. The zero-order valence-corrected chi connectivity index (χ0v) is 17.7.